The van der Waals surface area contributed by atoms with Crippen LogP contribution in [0.25, 0.3) is 11.1 Å². The van der Waals surface area contributed by atoms with Gasteiger partial charge in [-0.1, -0.05) is 43.9 Å². The topological polar surface area (TPSA) is 132 Å². The summed E-state index contributed by atoms with van der Waals surface area (Å²) < 4.78 is 57.2. The third-order valence-electron chi connectivity index (χ3n) is 6.57. The summed E-state index contributed by atoms with van der Waals surface area (Å²) in [6, 6.07) is 10.3. The van der Waals surface area contributed by atoms with Gasteiger partial charge in [0.15, 0.2) is 0 Å². The van der Waals surface area contributed by atoms with Gasteiger partial charge in [0.2, 0.25) is 5.91 Å². The summed E-state index contributed by atoms with van der Waals surface area (Å²) in [4.78, 5) is 40.9. The molecule has 0 saturated carbocycles. The first-order valence-electron chi connectivity index (χ1n) is 15.0. The molecule has 0 unspecified atom stereocenters. The predicted molar refractivity (Wildman–Crippen MR) is 179 cm³/mol. The quantitative estimate of drug-likeness (QED) is 0.271. The number of hydrogen-bond donors (Lipinski definition) is 1. The lowest BCUT2D eigenvalue weighted by Gasteiger charge is -2.28. The van der Waals surface area contributed by atoms with E-state index in [1.54, 1.807) is 65.8 Å². The normalized spacial score (nSPS) is 15.4. The van der Waals surface area contributed by atoms with Crippen molar-refractivity contribution in [3.05, 3.63) is 48.3 Å². The molecule has 11 nitrogen and oxygen atoms in total. The van der Waals surface area contributed by atoms with Crippen molar-refractivity contribution in [2.24, 2.45) is 0 Å². The maximum Gasteiger partial charge on any atom is 0.421 e. The van der Waals surface area contributed by atoms with Gasteiger partial charge < -0.3 is 24.4 Å². The number of carbonyl (C=O) groups excluding carboxylic acids is 3. The Bertz CT molecular complexity index is 1600. The molecule has 0 aromatic heterocycles. The third-order valence-corrected chi connectivity index (χ3v) is 8.86. The van der Waals surface area contributed by atoms with Crippen LogP contribution in [-0.4, -0.2) is 70.2 Å². The molecule has 1 atom stereocenters. The summed E-state index contributed by atoms with van der Waals surface area (Å²) in [5.74, 6) is -1.22. The molecule has 1 fully saturated rings. The number of benzene rings is 2. The number of amides is 3. The zero-order valence-corrected chi connectivity index (χ0v) is 29.7. The van der Waals surface area contributed by atoms with Crippen LogP contribution in [0, 0.1) is 5.82 Å². The third kappa shape index (κ3) is 10.1. The summed E-state index contributed by atoms with van der Waals surface area (Å²) in [7, 11) is -4.60. The Hall–Kier alpha value is -3.75. The van der Waals surface area contributed by atoms with Crippen LogP contribution in [0.15, 0.2) is 42.5 Å². The van der Waals surface area contributed by atoms with Gasteiger partial charge in [0.25, 0.3) is 15.5 Å². The standard InChI is InChI=1S/C32H44FN3O8SSi/c1-31(2,3)43-28(38)34-24-16-17-35(27(24)37)26-15-14-21(20-23(26)33)22-12-10-11-13-25(22)36(29(39)44-32(4,5)6)30(45(40)41)42-18-19-46(7,8)9/h10-15,20,24H,16-19H2,1-9H3,(H,34,38)/t24-/m0/s1. The fourth-order valence-electron chi connectivity index (χ4n) is 4.52. The maximum atomic E-state index is 15.7. The highest BCUT2D eigenvalue weighted by atomic mass is 32.2. The van der Waals surface area contributed by atoms with Crippen LogP contribution < -0.4 is 15.1 Å². The summed E-state index contributed by atoms with van der Waals surface area (Å²) in [6.45, 7) is 16.6. The van der Waals surface area contributed by atoms with Gasteiger partial charge in [0.1, 0.15) is 23.1 Å². The van der Waals surface area contributed by atoms with E-state index in [0.29, 0.717) is 17.2 Å². The summed E-state index contributed by atoms with van der Waals surface area (Å²) in [5.41, 5.74) is -0.998. The van der Waals surface area contributed by atoms with Gasteiger partial charge in [-0.05, 0) is 77.8 Å². The largest absolute Gasteiger partial charge is 0.444 e. The van der Waals surface area contributed by atoms with Crippen molar-refractivity contribution in [1.29, 1.82) is 0 Å². The van der Waals surface area contributed by atoms with E-state index in [2.05, 4.69) is 25.0 Å². The molecule has 1 aliphatic heterocycles. The van der Waals surface area contributed by atoms with Crippen molar-refractivity contribution in [2.45, 2.75) is 90.9 Å². The van der Waals surface area contributed by atoms with Gasteiger partial charge in [0, 0.05) is 20.2 Å². The fourth-order valence-corrected chi connectivity index (χ4v) is 5.74. The van der Waals surface area contributed by atoms with E-state index in [4.69, 9.17) is 14.2 Å². The van der Waals surface area contributed by atoms with Crippen LogP contribution in [0.4, 0.5) is 25.4 Å². The molecule has 0 aliphatic carbocycles. The SMILES string of the molecule is CC(C)(C)OC(=O)N[C@H]1CCN(c2ccc(-c3ccccc3N(C(=O)OC(C)(C)C)C(OCC[Si](C)(C)C)=S(=O)=O)cc2F)C1=O. The second-order valence-electron chi connectivity index (χ2n) is 14.1. The van der Waals surface area contributed by atoms with Crippen LogP contribution in [0.5, 0.6) is 0 Å². The maximum absolute atomic E-state index is 15.7. The van der Waals surface area contributed by atoms with E-state index in [9.17, 15) is 22.8 Å². The van der Waals surface area contributed by atoms with Gasteiger partial charge in [-0.25, -0.2) is 18.9 Å². The summed E-state index contributed by atoms with van der Waals surface area (Å²) in [6.07, 6.45) is -1.47. The molecular weight excluding hydrogens is 634 g/mol. The Balaban J connectivity index is 1.99. The number of hydrogen-bond acceptors (Lipinski definition) is 8. The smallest absolute Gasteiger partial charge is 0.421 e. The average Bonchev–Trinajstić information content (AvgIpc) is 3.24. The molecule has 14 heteroatoms. The van der Waals surface area contributed by atoms with Crippen molar-refractivity contribution >= 4 is 53.0 Å². The molecule has 1 aliphatic rings. The van der Waals surface area contributed by atoms with Gasteiger partial charge in [-0.3, -0.25) is 4.79 Å². The highest BCUT2D eigenvalue weighted by Crippen LogP contribution is 2.35. The van der Waals surface area contributed by atoms with Crippen molar-refractivity contribution in [1.82, 2.24) is 5.32 Å². The van der Waals surface area contributed by atoms with Crippen LogP contribution in [-0.2, 0) is 29.3 Å². The van der Waals surface area contributed by atoms with Crippen molar-refractivity contribution in [3.8, 4) is 11.1 Å². The number of halogens is 1. The number of para-hydroxylation sites is 1. The molecule has 0 radical (unpaired) electrons. The number of carbonyl (C=O) groups is 3. The van der Waals surface area contributed by atoms with Crippen molar-refractivity contribution in [3.63, 3.8) is 0 Å². The Kier molecular flexibility index (Phi) is 11.4. The lowest BCUT2D eigenvalue weighted by atomic mass is 10.0. The highest BCUT2D eigenvalue weighted by Gasteiger charge is 2.36. The number of anilines is 2. The van der Waals surface area contributed by atoms with E-state index in [1.165, 1.54) is 23.1 Å². The van der Waals surface area contributed by atoms with E-state index in [1.807, 2.05) is 0 Å². The first-order chi connectivity index (χ1) is 21.2. The zero-order valence-electron chi connectivity index (χ0n) is 27.9. The van der Waals surface area contributed by atoms with Gasteiger partial charge >= 0.3 is 12.2 Å². The van der Waals surface area contributed by atoms with Crippen LogP contribution in [0.3, 0.4) is 0 Å². The molecule has 46 heavy (non-hydrogen) atoms. The lowest BCUT2D eigenvalue weighted by molar-refractivity contribution is -0.118. The number of nitrogens with zero attached hydrogens (tertiary/aromatic N) is 2. The molecule has 2 aromatic carbocycles. The van der Waals surface area contributed by atoms with E-state index >= 15 is 4.39 Å². The van der Waals surface area contributed by atoms with Crippen molar-refractivity contribution in [2.75, 3.05) is 23.0 Å². The van der Waals surface area contributed by atoms with Gasteiger partial charge in [-0.2, -0.15) is 8.42 Å². The molecule has 2 aromatic rings. The lowest BCUT2D eigenvalue weighted by Crippen LogP contribution is -2.44. The minimum Gasteiger partial charge on any atom is -0.444 e. The van der Waals surface area contributed by atoms with Crippen molar-refractivity contribution < 1.29 is 41.4 Å². The molecule has 1 saturated heterocycles. The summed E-state index contributed by atoms with van der Waals surface area (Å²) in [5, 5.41) is 1.91. The number of alkyl carbamates (subject to hydrolysis) is 1. The molecular formula is C32H44FN3O8SSi. The minimum absolute atomic E-state index is 0.00584. The van der Waals surface area contributed by atoms with E-state index in [0.717, 1.165) is 4.90 Å². The highest BCUT2D eigenvalue weighted by molar-refractivity contribution is 7.72. The fraction of sp³-hybridized carbons (Fsp3) is 0.500. The second-order valence-corrected chi connectivity index (χ2v) is 20.6. The Morgan fingerprint density at radius 1 is 1.02 bits per heavy atom. The Morgan fingerprint density at radius 2 is 1.65 bits per heavy atom. The summed E-state index contributed by atoms with van der Waals surface area (Å²) >= 11 is 0. The molecule has 3 amide bonds. The van der Waals surface area contributed by atoms with E-state index < -0.39 is 64.7 Å². The Morgan fingerprint density at radius 3 is 2.22 bits per heavy atom. The molecule has 0 spiro atoms. The average molecular weight is 678 g/mol. The van der Waals surface area contributed by atoms with Crippen LogP contribution >= 0.6 is 0 Å². The molecule has 1 N–H and O–H groups in total. The molecule has 252 valence electrons. The van der Waals surface area contributed by atoms with Crippen LogP contribution in [0.2, 0.25) is 25.7 Å². The second kappa shape index (κ2) is 14.3. The number of ether oxygens (including phenoxy) is 3. The minimum atomic E-state index is -2.98. The first-order valence-corrected chi connectivity index (χ1v) is 19.8. The number of nitrogens with one attached hydrogen (secondary N) is 1. The van der Waals surface area contributed by atoms with Gasteiger partial charge in [0.05, 0.1) is 18.0 Å². The van der Waals surface area contributed by atoms with Gasteiger partial charge in [-0.15, -0.1) is 0 Å². The molecule has 3 rings (SSSR count). The molecule has 0 bridgehead atoms. The molecule has 1 heterocycles. The number of rotatable bonds is 7. The Labute approximate surface area is 272 Å². The van der Waals surface area contributed by atoms with E-state index in [-0.39, 0.29) is 30.9 Å². The zero-order chi connectivity index (χ0) is 34.6. The van der Waals surface area contributed by atoms with Crippen LogP contribution in [0.1, 0.15) is 48.0 Å². The monoisotopic (exact) mass is 677 g/mol. The first kappa shape index (κ1) is 36.7. The predicted octanol–water partition coefficient (Wildman–Crippen LogP) is 6.19.